The van der Waals surface area contributed by atoms with E-state index in [-0.39, 0.29) is 12.6 Å². The fraction of sp³-hybridized carbons (Fsp3) is 0.500. The van der Waals surface area contributed by atoms with Crippen molar-refractivity contribution >= 4 is 22.8 Å². The van der Waals surface area contributed by atoms with E-state index in [0.29, 0.717) is 18.0 Å². The van der Waals surface area contributed by atoms with Crippen molar-refractivity contribution in [2.24, 2.45) is 5.84 Å². The molecule has 0 bridgehead atoms. The molecule has 2 aromatic rings. The highest BCUT2D eigenvalue weighted by molar-refractivity contribution is 5.87. The minimum atomic E-state index is -0.610. The molecular formula is C10H17N7O2. The maximum Gasteiger partial charge on any atom is 0.241 e. The number of H-pyrrole nitrogens is 1. The molecule has 9 heteroatoms. The molecule has 104 valence electrons. The molecule has 0 aliphatic rings. The van der Waals surface area contributed by atoms with Gasteiger partial charge in [0.25, 0.3) is 0 Å². The van der Waals surface area contributed by atoms with Gasteiger partial charge in [-0.3, -0.25) is 10.5 Å². The molecule has 2 heterocycles. The summed E-state index contributed by atoms with van der Waals surface area (Å²) in [5, 5.41) is 17.2. The number of hydrogen-bond donors (Lipinski definition) is 4. The molecule has 0 aromatic carbocycles. The highest BCUT2D eigenvalue weighted by atomic mass is 16.5. The first kappa shape index (κ1) is 13.5. The number of nitrogen functional groups attached to an aromatic ring is 1. The molecule has 9 nitrogen and oxygen atoms in total. The minimum absolute atomic E-state index is 0.256. The number of aliphatic hydroxyl groups excluding tert-OH is 1. The smallest absolute Gasteiger partial charge is 0.241 e. The van der Waals surface area contributed by atoms with Crippen LogP contribution in [0.3, 0.4) is 0 Å². The Balaban J connectivity index is 2.29. The van der Waals surface area contributed by atoms with Gasteiger partial charge in [-0.05, 0) is 0 Å². The van der Waals surface area contributed by atoms with Crippen molar-refractivity contribution in [1.29, 1.82) is 0 Å². The number of nitrogens with zero attached hydrogens (tertiary/aromatic N) is 4. The van der Waals surface area contributed by atoms with Crippen LogP contribution in [0, 0.1) is 0 Å². The number of nitrogens with two attached hydrogens (primary N) is 1. The Labute approximate surface area is 109 Å². The Hall–Kier alpha value is -1.97. The van der Waals surface area contributed by atoms with Gasteiger partial charge in [0.05, 0.1) is 24.3 Å². The standard InChI is InChI=1S/C10H17N7O2/c1-17(4-6(18)5-19-2)9-7-3-12-16-8(7)13-10(14-9)15-11/h3,6,18H,4-5,11H2,1-2H3,(H2,12,13,14,15,16). The number of hydrogen-bond acceptors (Lipinski definition) is 8. The summed E-state index contributed by atoms with van der Waals surface area (Å²) >= 11 is 0. The van der Waals surface area contributed by atoms with E-state index in [1.165, 1.54) is 0 Å². The Morgan fingerprint density at radius 1 is 1.58 bits per heavy atom. The van der Waals surface area contributed by atoms with Gasteiger partial charge in [0.15, 0.2) is 5.65 Å². The Morgan fingerprint density at radius 2 is 2.37 bits per heavy atom. The second kappa shape index (κ2) is 5.78. The van der Waals surface area contributed by atoms with E-state index in [0.717, 1.165) is 5.39 Å². The lowest BCUT2D eigenvalue weighted by Gasteiger charge is -2.22. The van der Waals surface area contributed by atoms with E-state index >= 15 is 0 Å². The first-order chi connectivity index (χ1) is 9.15. The fourth-order valence-electron chi connectivity index (χ4n) is 1.82. The summed E-state index contributed by atoms with van der Waals surface area (Å²) in [4.78, 5) is 10.2. The molecular weight excluding hydrogens is 250 g/mol. The van der Waals surface area contributed by atoms with Crippen molar-refractivity contribution in [3.8, 4) is 0 Å². The van der Waals surface area contributed by atoms with Crippen LogP contribution in [0.15, 0.2) is 6.20 Å². The van der Waals surface area contributed by atoms with Crippen LogP contribution in [-0.4, -0.2) is 58.7 Å². The number of aromatic nitrogens is 4. The van der Waals surface area contributed by atoms with Crippen molar-refractivity contribution in [2.75, 3.05) is 37.6 Å². The molecule has 0 spiro atoms. The summed E-state index contributed by atoms with van der Waals surface area (Å²) in [5.74, 6) is 6.23. The van der Waals surface area contributed by atoms with E-state index in [4.69, 9.17) is 10.6 Å². The van der Waals surface area contributed by atoms with Crippen LogP contribution in [0.1, 0.15) is 0 Å². The van der Waals surface area contributed by atoms with E-state index < -0.39 is 6.10 Å². The molecule has 1 unspecified atom stereocenters. The average molecular weight is 267 g/mol. The molecule has 0 fully saturated rings. The second-order valence-corrected chi connectivity index (χ2v) is 4.14. The molecule has 2 rings (SSSR count). The van der Waals surface area contributed by atoms with Crippen LogP contribution < -0.4 is 16.2 Å². The van der Waals surface area contributed by atoms with E-state index in [2.05, 4.69) is 25.6 Å². The lowest BCUT2D eigenvalue weighted by Crippen LogP contribution is -2.32. The third-order valence-electron chi connectivity index (χ3n) is 2.62. The number of methoxy groups -OCH3 is 1. The molecule has 2 aromatic heterocycles. The molecule has 5 N–H and O–H groups in total. The van der Waals surface area contributed by atoms with Gasteiger partial charge in [-0.15, -0.1) is 0 Å². The summed E-state index contributed by atoms with van der Waals surface area (Å²) in [5.41, 5.74) is 2.97. The zero-order chi connectivity index (χ0) is 13.8. The number of hydrazine groups is 1. The van der Waals surface area contributed by atoms with Gasteiger partial charge >= 0.3 is 0 Å². The van der Waals surface area contributed by atoms with Gasteiger partial charge in [0.2, 0.25) is 5.95 Å². The van der Waals surface area contributed by atoms with Crippen molar-refractivity contribution in [3.05, 3.63) is 6.20 Å². The molecule has 0 radical (unpaired) electrons. The van der Waals surface area contributed by atoms with Crippen LogP contribution in [0.2, 0.25) is 0 Å². The highest BCUT2D eigenvalue weighted by Gasteiger charge is 2.15. The normalized spacial score (nSPS) is 12.6. The molecule has 0 aliphatic carbocycles. The maximum absolute atomic E-state index is 9.76. The number of likely N-dealkylation sites (N-methyl/N-ethyl adjacent to an activating group) is 1. The highest BCUT2D eigenvalue weighted by Crippen LogP contribution is 2.22. The van der Waals surface area contributed by atoms with Crippen LogP contribution in [0.5, 0.6) is 0 Å². The van der Waals surface area contributed by atoms with Gasteiger partial charge < -0.3 is 14.7 Å². The molecule has 19 heavy (non-hydrogen) atoms. The third kappa shape index (κ3) is 2.89. The summed E-state index contributed by atoms with van der Waals surface area (Å²) < 4.78 is 4.90. The number of fused-ring (bicyclic) bond motifs is 1. The van der Waals surface area contributed by atoms with Crippen molar-refractivity contribution in [3.63, 3.8) is 0 Å². The number of rotatable bonds is 6. The zero-order valence-electron chi connectivity index (χ0n) is 10.8. The quantitative estimate of drug-likeness (QED) is 0.391. The monoisotopic (exact) mass is 267 g/mol. The maximum atomic E-state index is 9.76. The fourth-order valence-corrected chi connectivity index (χ4v) is 1.82. The lowest BCUT2D eigenvalue weighted by atomic mass is 10.3. The molecule has 0 saturated heterocycles. The van der Waals surface area contributed by atoms with Gasteiger partial charge in [0, 0.05) is 20.7 Å². The summed E-state index contributed by atoms with van der Waals surface area (Å²) in [6, 6.07) is 0. The molecule has 0 amide bonds. The largest absolute Gasteiger partial charge is 0.389 e. The van der Waals surface area contributed by atoms with Gasteiger partial charge in [-0.1, -0.05) is 0 Å². The Morgan fingerprint density at radius 3 is 3.05 bits per heavy atom. The molecule has 0 saturated carbocycles. The van der Waals surface area contributed by atoms with Gasteiger partial charge in [-0.2, -0.15) is 15.1 Å². The number of anilines is 2. The topological polar surface area (TPSA) is 125 Å². The van der Waals surface area contributed by atoms with Crippen LogP contribution >= 0.6 is 0 Å². The second-order valence-electron chi connectivity index (χ2n) is 4.14. The van der Waals surface area contributed by atoms with Crippen LogP contribution in [-0.2, 0) is 4.74 Å². The van der Waals surface area contributed by atoms with E-state index in [9.17, 15) is 5.11 Å². The van der Waals surface area contributed by atoms with Gasteiger partial charge in [0.1, 0.15) is 5.82 Å². The molecule has 1 atom stereocenters. The predicted molar refractivity (Wildman–Crippen MR) is 70.6 cm³/mol. The Kier molecular flexibility index (Phi) is 4.10. The summed E-state index contributed by atoms with van der Waals surface area (Å²) in [7, 11) is 3.35. The number of aliphatic hydroxyl groups is 1. The third-order valence-corrected chi connectivity index (χ3v) is 2.62. The molecule has 0 aliphatic heterocycles. The zero-order valence-corrected chi connectivity index (χ0v) is 10.8. The van der Waals surface area contributed by atoms with Crippen LogP contribution in [0.25, 0.3) is 11.0 Å². The number of aromatic amines is 1. The first-order valence-electron chi connectivity index (χ1n) is 5.71. The van der Waals surface area contributed by atoms with Crippen molar-refractivity contribution in [2.45, 2.75) is 6.10 Å². The minimum Gasteiger partial charge on any atom is -0.389 e. The van der Waals surface area contributed by atoms with Gasteiger partial charge in [-0.25, -0.2) is 5.84 Å². The van der Waals surface area contributed by atoms with E-state index in [1.807, 2.05) is 7.05 Å². The average Bonchev–Trinajstić information content (AvgIpc) is 2.85. The SMILES string of the molecule is COCC(O)CN(C)c1nc(NN)nc2[nH]ncc12. The summed E-state index contributed by atoms with van der Waals surface area (Å²) in [6.07, 6.45) is 1.02. The van der Waals surface area contributed by atoms with Crippen LogP contribution in [0.4, 0.5) is 11.8 Å². The Bertz CT molecular complexity index is 544. The first-order valence-corrected chi connectivity index (χ1v) is 5.71. The van der Waals surface area contributed by atoms with Crippen molar-refractivity contribution in [1.82, 2.24) is 20.2 Å². The predicted octanol–water partition coefficient (Wildman–Crippen LogP) is -0.918. The lowest BCUT2D eigenvalue weighted by molar-refractivity contribution is 0.0694. The number of nitrogens with one attached hydrogen (secondary N) is 2. The van der Waals surface area contributed by atoms with E-state index in [1.54, 1.807) is 18.2 Å². The number of ether oxygens (including phenoxy) is 1. The van der Waals surface area contributed by atoms with Crippen molar-refractivity contribution < 1.29 is 9.84 Å². The summed E-state index contributed by atoms with van der Waals surface area (Å²) in [6.45, 7) is 0.626.